The summed E-state index contributed by atoms with van der Waals surface area (Å²) in [5, 5.41) is 60.9. The number of nitrogens with zero attached hydrogens (tertiary/aromatic N) is 7. The summed E-state index contributed by atoms with van der Waals surface area (Å²) in [5.74, 6) is -3.89. The highest BCUT2D eigenvalue weighted by Gasteiger charge is 2.54. The third-order valence-electron chi connectivity index (χ3n) is 18.0. The van der Waals surface area contributed by atoms with Gasteiger partial charge in [0.1, 0.15) is 49.8 Å². The number of ether oxygens (including phenoxy) is 9. The van der Waals surface area contributed by atoms with E-state index in [9.17, 15) is 30.0 Å². The van der Waals surface area contributed by atoms with Crippen LogP contribution in [0.1, 0.15) is 118 Å². The third kappa shape index (κ3) is 15.0. The van der Waals surface area contributed by atoms with Gasteiger partial charge >= 0.3 is 12.0 Å². The predicted molar refractivity (Wildman–Crippen MR) is 301 cm³/mol. The van der Waals surface area contributed by atoms with Crippen LogP contribution in [0.5, 0.6) is 0 Å². The van der Waals surface area contributed by atoms with E-state index >= 15 is 4.39 Å². The van der Waals surface area contributed by atoms with Crippen LogP contribution in [0.2, 0.25) is 0 Å². The molecule has 1 aromatic carbocycles. The fourth-order valence-corrected chi connectivity index (χ4v) is 12.6. The van der Waals surface area contributed by atoms with Crippen LogP contribution in [0.4, 0.5) is 14.9 Å². The van der Waals surface area contributed by atoms with E-state index in [0.717, 1.165) is 0 Å². The molecule has 2 amide bonds. The summed E-state index contributed by atoms with van der Waals surface area (Å²) in [7, 11) is 9.55. The summed E-state index contributed by atoms with van der Waals surface area (Å²) in [5.41, 5.74) is -1.97. The number of amides is 2. The molecule has 0 bridgehead atoms. The minimum atomic E-state index is -1.95. The molecule has 4 aliphatic heterocycles. The number of morpholine rings is 1. The molecule has 5 heterocycles. The maximum atomic E-state index is 15.1. The average molecular weight is 1170 g/mol. The SMILES string of the molecule is CC[C@H]1OC(=O)[C@H](C)[C@@H](O[C@H]2C[C@@](C)(OC)[C@@H](O)[C@H](C)O2)[C@H](C)[C@@H](O[C@@H]2O[C@H](C)C[C@H](N(C)CCc3cn([C@H](CF)[C@H](OC)c4ccc(N(C)C(=O)N5CCOCC5)cc4)nn3)[C@H]2O)[C@](C)(OC)C[C@@H](C)/C(=N\OC)[C@H](C)[C@@H](O)[C@]1(C)O. The van der Waals surface area contributed by atoms with E-state index in [4.69, 9.17) is 47.5 Å². The number of hydrogen-bond acceptors (Lipinski definition) is 20. The molecule has 20 atom stereocenters. The van der Waals surface area contributed by atoms with E-state index in [0.29, 0.717) is 68.3 Å². The molecule has 0 saturated carbocycles. The normalized spacial score (nSPS) is 37.7. The fourth-order valence-electron chi connectivity index (χ4n) is 12.6. The molecule has 4 saturated heterocycles. The largest absolute Gasteiger partial charge is 0.459 e. The molecular weight excluding hydrogens is 1070 g/mol. The summed E-state index contributed by atoms with van der Waals surface area (Å²) in [6.07, 6.45) is -8.21. The monoisotopic (exact) mass is 1170 g/mol. The lowest BCUT2D eigenvalue weighted by Gasteiger charge is -2.50. The molecule has 0 spiro atoms. The summed E-state index contributed by atoms with van der Waals surface area (Å²) >= 11 is 0. The number of aromatic nitrogens is 3. The molecule has 4 N–H and O–H groups in total. The number of likely N-dealkylation sites (N-methyl/N-ethyl adjacent to an activating group) is 1. The summed E-state index contributed by atoms with van der Waals surface area (Å²) in [6.45, 7) is 19.2. The first kappa shape index (κ1) is 67.1. The van der Waals surface area contributed by atoms with Gasteiger partial charge < -0.3 is 77.7 Å². The number of rotatable bonds is 18. The van der Waals surface area contributed by atoms with Crippen LogP contribution in [-0.4, -0.2) is 229 Å². The minimum absolute atomic E-state index is 0.0850. The number of hydrogen-bond donors (Lipinski definition) is 4. The zero-order valence-corrected chi connectivity index (χ0v) is 51.2. The second-order valence-electron chi connectivity index (χ2n) is 23.8. The van der Waals surface area contributed by atoms with Gasteiger partial charge in [0, 0.05) is 96.5 Å². The number of esters is 1. The zero-order valence-electron chi connectivity index (χ0n) is 51.2. The van der Waals surface area contributed by atoms with E-state index < -0.39 is 133 Å². The van der Waals surface area contributed by atoms with Crippen molar-refractivity contribution in [1.29, 1.82) is 0 Å². The molecule has 1 aromatic heterocycles. The number of urea groups is 1. The first-order valence-corrected chi connectivity index (χ1v) is 28.9. The lowest BCUT2D eigenvalue weighted by molar-refractivity contribution is -0.319. The van der Waals surface area contributed by atoms with Crippen LogP contribution < -0.4 is 4.90 Å². The number of alkyl halides is 1. The van der Waals surface area contributed by atoms with Gasteiger partial charge in [-0.25, -0.2) is 13.9 Å². The van der Waals surface area contributed by atoms with Crippen molar-refractivity contribution in [2.24, 2.45) is 28.8 Å². The molecule has 23 nitrogen and oxygen atoms in total. The molecule has 6 rings (SSSR count). The maximum absolute atomic E-state index is 15.1. The summed E-state index contributed by atoms with van der Waals surface area (Å²) < 4.78 is 73.2. The summed E-state index contributed by atoms with van der Waals surface area (Å²) in [6, 6.07) is 5.73. The fraction of sp³-hybridized carbons (Fsp3) is 0.810. The Labute approximate surface area is 483 Å². The van der Waals surface area contributed by atoms with Gasteiger partial charge in [0.25, 0.3) is 0 Å². The van der Waals surface area contributed by atoms with Gasteiger partial charge in [-0.05, 0) is 85.5 Å². The van der Waals surface area contributed by atoms with Gasteiger partial charge in [-0.1, -0.05) is 50.2 Å². The minimum Gasteiger partial charge on any atom is -0.459 e. The third-order valence-corrected chi connectivity index (χ3v) is 18.0. The van der Waals surface area contributed by atoms with Gasteiger partial charge in [-0.3, -0.25) is 9.69 Å². The molecule has 4 fully saturated rings. The van der Waals surface area contributed by atoms with E-state index in [-0.39, 0.29) is 25.3 Å². The average Bonchev–Trinajstić information content (AvgIpc) is 4.09. The highest BCUT2D eigenvalue weighted by atomic mass is 19.1. The standard InChI is InChI=1S/C58H96FN7O16/c1-17-44-58(10,72)50(68)35(4)46(61-76-16)33(2)29-57(9,75-15)52(36(5)48(37(6)53(70)80-44)81-45-30-56(8,74-14)51(69)38(7)79-45)82-54-47(67)42(28-34(3)78-54)63(11)23-22-40-32-66(62-60-40)43(31-59)49(73-13)39-18-20-41(21-19-39)64(12)55(71)65-24-26-77-27-25-65/h18-21,32-38,42-45,47-52,54,67-69,72H,17,22-31H2,1-16H3/b61-46+/t33-,34-,35+,36+,37-,38+,42+,43-,44-,45+,47-,48+,49-,50-,51+,52-,54+,56-,57-,58-/m1/s1. The number of carbonyl (C=O) groups excluding carboxylic acids is 2. The highest BCUT2D eigenvalue weighted by molar-refractivity contribution is 5.91. The Morgan fingerprint density at radius 1 is 0.915 bits per heavy atom. The quantitative estimate of drug-likeness (QED) is 0.115. The van der Waals surface area contributed by atoms with Crippen molar-refractivity contribution in [2.45, 2.75) is 198 Å². The molecule has 2 aromatic rings. The topological polar surface area (TPSA) is 260 Å². The number of cyclic esters (lactones) is 1. The molecule has 82 heavy (non-hydrogen) atoms. The lowest BCUT2D eigenvalue weighted by Crippen LogP contribution is -2.61. The van der Waals surface area contributed by atoms with Crippen molar-refractivity contribution in [3.63, 3.8) is 0 Å². The van der Waals surface area contributed by atoms with Crippen molar-refractivity contribution in [1.82, 2.24) is 24.8 Å². The Balaban J connectivity index is 1.26. The first-order valence-electron chi connectivity index (χ1n) is 28.9. The lowest BCUT2D eigenvalue weighted by atomic mass is 9.73. The Morgan fingerprint density at radius 2 is 1.57 bits per heavy atom. The maximum Gasteiger partial charge on any atom is 0.324 e. The second kappa shape index (κ2) is 28.9. The number of benzene rings is 1. The van der Waals surface area contributed by atoms with Gasteiger partial charge in [-0.2, -0.15) is 0 Å². The van der Waals surface area contributed by atoms with Gasteiger partial charge in [-0.15, -0.1) is 5.10 Å². The molecule has 24 heteroatoms. The van der Waals surface area contributed by atoms with Crippen LogP contribution in [0.15, 0.2) is 35.6 Å². The smallest absolute Gasteiger partial charge is 0.324 e. The van der Waals surface area contributed by atoms with Crippen molar-refractivity contribution < 1.29 is 81.9 Å². The van der Waals surface area contributed by atoms with Crippen LogP contribution in [0.25, 0.3) is 0 Å². The van der Waals surface area contributed by atoms with E-state index in [1.807, 2.05) is 51.8 Å². The van der Waals surface area contributed by atoms with Crippen molar-refractivity contribution >= 4 is 23.4 Å². The number of anilines is 1. The van der Waals surface area contributed by atoms with Crippen molar-refractivity contribution in [2.75, 3.05) is 87.0 Å². The van der Waals surface area contributed by atoms with Crippen molar-refractivity contribution in [3.05, 3.63) is 41.7 Å². The van der Waals surface area contributed by atoms with Crippen LogP contribution in [0.3, 0.4) is 0 Å². The Hall–Kier alpha value is -4.02. The van der Waals surface area contributed by atoms with E-state index in [1.54, 1.807) is 76.9 Å². The Morgan fingerprint density at radius 3 is 2.17 bits per heavy atom. The number of oxime groups is 1. The highest BCUT2D eigenvalue weighted by Crippen LogP contribution is 2.42. The van der Waals surface area contributed by atoms with Crippen LogP contribution >= 0.6 is 0 Å². The van der Waals surface area contributed by atoms with E-state index in [1.165, 1.54) is 32.9 Å². The molecule has 4 aliphatic rings. The molecule has 466 valence electrons. The molecule has 0 aliphatic carbocycles. The number of aliphatic hydroxyl groups excluding tert-OH is 3. The second-order valence-corrected chi connectivity index (χ2v) is 23.8. The number of halogens is 1. The number of carbonyl (C=O) groups is 2. The Kier molecular flexibility index (Phi) is 23.7. The molecule has 0 unspecified atom stereocenters. The Bertz CT molecular complexity index is 2370. The van der Waals surface area contributed by atoms with Crippen molar-refractivity contribution in [3.8, 4) is 0 Å². The van der Waals surface area contributed by atoms with E-state index in [2.05, 4.69) is 15.5 Å². The van der Waals surface area contributed by atoms with Gasteiger partial charge in [0.15, 0.2) is 12.6 Å². The number of methoxy groups -OCH3 is 3. The number of aliphatic hydroxyl groups is 4. The first-order chi connectivity index (χ1) is 38.7. The predicted octanol–water partition coefficient (Wildman–Crippen LogP) is 4.86. The molecule has 0 radical (unpaired) electrons. The molecular formula is C58H96FN7O16. The zero-order chi connectivity index (χ0) is 60.6. The van der Waals surface area contributed by atoms with Crippen LogP contribution in [-0.2, 0) is 58.7 Å². The summed E-state index contributed by atoms with van der Waals surface area (Å²) in [4.78, 5) is 38.5. The van der Waals surface area contributed by atoms with Gasteiger partial charge in [0.05, 0.1) is 72.3 Å². The van der Waals surface area contributed by atoms with Gasteiger partial charge in [0.2, 0.25) is 0 Å². The van der Waals surface area contributed by atoms with Crippen LogP contribution in [0, 0.1) is 23.7 Å².